The number of allylic oxidation sites excluding steroid dienone is 1. The minimum atomic E-state index is -1.22. The van der Waals surface area contributed by atoms with Gasteiger partial charge in [0, 0.05) is 58.7 Å². The molecule has 2 aliphatic rings. The molecule has 5 rings (SSSR count). The van der Waals surface area contributed by atoms with E-state index >= 15 is 0 Å². The number of carbonyl (C=O) groups excluding carboxylic acids is 2. The number of fused-ring (bicyclic) bond motifs is 6. The highest BCUT2D eigenvalue weighted by Crippen LogP contribution is 2.57. The van der Waals surface area contributed by atoms with Crippen molar-refractivity contribution in [3.63, 3.8) is 0 Å². The molecular formula is C36H41ClN2O4. The van der Waals surface area contributed by atoms with Gasteiger partial charge in [-0.05, 0) is 82.0 Å². The van der Waals surface area contributed by atoms with Gasteiger partial charge in [0.15, 0.2) is 5.60 Å². The van der Waals surface area contributed by atoms with Crippen LogP contribution in [0.3, 0.4) is 0 Å². The molecular weight excluding hydrogens is 560 g/mol. The number of carbonyl (C=O) groups is 2. The average Bonchev–Trinajstić information content (AvgIpc) is 3.28. The van der Waals surface area contributed by atoms with Crippen molar-refractivity contribution in [3.05, 3.63) is 94.0 Å². The van der Waals surface area contributed by atoms with Crippen molar-refractivity contribution in [2.75, 3.05) is 23.3 Å². The third kappa shape index (κ3) is 6.03. The van der Waals surface area contributed by atoms with Crippen LogP contribution in [0.2, 0.25) is 5.02 Å². The van der Waals surface area contributed by atoms with Gasteiger partial charge in [0.25, 0.3) is 0 Å². The molecule has 0 saturated heterocycles. The summed E-state index contributed by atoms with van der Waals surface area (Å²) in [4.78, 5) is 28.5. The van der Waals surface area contributed by atoms with Crippen LogP contribution < -0.4 is 15.0 Å². The molecule has 6 nitrogen and oxygen atoms in total. The van der Waals surface area contributed by atoms with Gasteiger partial charge in [0.2, 0.25) is 5.91 Å². The van der Waals surface area contributed by atoms with Gasteiger partial charge in [-0.1, -0.05) is 49.4 Å². The lowest BCUT2D eigenvalue weighted by Gasteiger charge is -2.37. The lowest BCUT2D eigenvalue weighted by atomic mass is 9.77. The van der Waals surface area contributed by atoms with Crippen molar-refractivity contribution < 1.29 is 19.1 Å². The molecule has 0 bridgehead atoms. The molecule has 0 aromatic heterocycles. The Hall–Kier alpha value is -3.77. The molecule has 0 fully saturated rings. The van der Waals surface area contributed by atoms with Gasteiger partial charge in [-0.2, -0.15) is 0 Å². The molecule has 3 aromatic rings. The summed E-state index contributed by atoms with van der Waals surface area (Å²) in [6, 6.07) is 15.2. The predicted molar refractivity (Wildman–Crippen MR) is 174 cm³/mol. The molecule has 0 radical (unpaired) electrons. The Balaban J connectivity index is 1.42. The topological polar surface area (TPSA) is 67.9 Å². The van der Waals surface area contributed by atoms with Crippen molar-refractivity contribution in [2.24, 2.45) is 0 Å². The molecule has 1 amide bonds. The Morgan fingerprint density at radius 1 is 0.930 bits per heavy atom. The predicted octanol–water partition coefficient (Wildman–Crippen LogP) is 9.31. The lowest BCUT2D eigenvalue weighted by molar-refractivity contribution is -0.116. The van der Waals surface area contributed by atoms with E-state index in [0.29, 0.717) is 45.3 Å². The summed E-state index contributed by atoms with van der Waals surface area (Å²) in [6.45, 7) is 11.6. The van der Waals surface area contributed by atoms with Crippen molar-refractivity contribution >= 4 is 34.9 Å². The molecule has 2 aliphatic heterocycles. The van der Waals surface area contributed by atoms with Crippen LogP contribution in [-0.2, 0) is 15.1 Å². The van der Waals surface area contributed by atoms with Gasteiger partial charge in [0.05, 0.1) is 5.56 Å². The summed E-state index contributed by atoms with van der Waals surface area (Å²) in [7, 11) is 0. The quantitative estimate of drug-likeness (QED) is 0.120. The fraction of sp³-hybridized carbons (Fsp3) is 0.389. The number of halogens is 1. The largest absolute Gasteiger partial charge is 0.456 e. The van der Waals surface area contributed by atoms with E-state index in [0.717, 1.165) is 55.6 Å². The third-order valence-corrected chi connectivity index (χ3v) is 8.95. The number of nitrogens with one attached hydrogen (secondary N) is 1. The van der Waals surface area contributed by atoms with Crippen molar-refractivity contribution in [3.8, 4) is 11.5 Å². The Kier molecular flexibility index (Phi) is 9.46. The Labute approximate surface area is 260 Å². The SMILES string of the molecule is C=CCCCCCCCCC(=O)Nc1ccc2c(c1)C(=O)OC21c2ccc(N(CC)CC)cc2Oc2cc(C)c(Cl)cc21. The molecule has 1 atom stereocenters. The third-order valence-electron chi connectivity index (χ3n) is 8.54. The van der Waals surface area contributed by atoms with Crippen LogP contribution in [-0.4, -0.2) is 25.0 Å². The monoisotopic (exact) mass is 600 g/mol. The maximum absolute atomic E-state index is 13.5. The van der Waals surface area contributed by atoms with Crippen LogP contribution in [0.25, 0.3) is 0 Å². The Bertz CT molecular complexity index is 1530. The van der Waals surface area contributed by atoms with Crippen LogP contribution >= 0.6 is 11.6 Å². The fourth-order valence-electron chi connectivity index (χ4n) is 6.20. The number of hydrogen-bond donors (Lipinski definition) is 1. The number of benzene rings is 3. The average molecular weight is 601 g/mol. The van der Waals surface area contributed by atoms with Crippen molar-refractivity contribution in [2.45, 2.75) is 77.7 Å². The van der Waals surface area contributed by atoms with Crippen LogP contribution in [0.5, 0.6) is 11.5 Å². The summed E-state index contributed by atoms with van der Waals surface area (Å²) in [5, 5.41) is 3.55. The highest BCUT2D eigenvalue weighted by Gasteiger charge is 2.54. The molecule has 0 saturated carbocycles. The zero-order valence-electron chi connectivity index (χ0n) is 25.4. The second kappa shape index (κ2) is 13.3. The minimum absolute atomic E-state index is 0.0550. The summed E-state index contributed by atoms with van der Waals surface area (Å²) < 4.78 is 12.8. The number of aryl methyl sites for hydroxylation is 1. The van der Waals surface area contributed by atoms with E-state index in [9.17, 15) is 9.59 Å². The first-order valence-corrected chi connectivity index (χ1v) is 15.9. The molecule has 1 N–H and O–H groups in total. The second-order valence-corrected chi connectivity index (χ2v) is 11.8. The van der Waals surface area contributed by atoms with Crippen LogP contribution in [0.1, 0.15) is 97.8 Å². The zero-order chi connectivity index (χ0) is 30.6. The number of anilines is 2. The first kappa shape index (κ1) is 30.7. The molecule has 1 unspecified atom stereocenters. The molecule has 3 aromatic carbocycles. The van der Waals surface area contributed by atoms with E-state index in [4.69, 9.17) is 21.1 Å². The maximum Gasteiger partial charge on any atom is 0.340 e. The maximum atomic E-state index is 13.5. The fourth-order valence-corrected chi connectivity index (χ4v) is 6.37. The molecule has 43 heavy (non-hydrogen) atoms. The summed E-state index contributed by atoms with van der Waals surface area (Å²) in [5.74, 6) is 0.730. The number of rotatable bonds is 13. The van der Waals surface area contributed by atoms with Crippen LogP contribution in [0.4, 0.5) is 11.4 Å². The summed E-state index contributed by atoms with van der Waals surface area (Å²) >= 11 is 6.62. The molecule has 226 valence electrons. The highest BCUT2D eigenvalue weighted by molar-refractivity contribution is 6.31. The first-order valence-electron chi connectivity index (χ1n) is 15.5. The van der Waals surface area contributed by atoms with E-state index in [1.807, 2.05) is 55.5 Å². The molecule has 7 heteroatoms. The van der Waals surface area contributed by atoms with Crippen LogP contribution in [0, 0.1) is 6.92 Å². The van der Waals surface area contributed by atoms with E-state index in [1.165, 1.54) is 19.3 Å². The number of ether oxygens (including phenoxy) is 2. The molecule has 2 heterocycles. The standard InChI is InChI=1S/C36H41ClN2O4/c1-5-8-9-10-11-12-13-14-15-34(40)38-25-16-18-28-27(21-25)35(41)43-36(28)29-19-17-26(39(6-2)7-3)22-33(29)42-32-20-24(4)31(37)23-30(32)36/h5,16-23H,1,6-15H2,2-4H3,(H,38,40). The van der Waals surface area contributed by atoms with Crippen LogP contribution in [0.15, 0.2) is 61.2 Å². The van der Waals surface area contributed by atoms with E-state index in [1.54, 1.807) is 6.07 Å². The van der Waals surface area contributed by atoms with Gasteiger partial charge in [-0.3, -0.25) is 4.79 Å². The highest BCUT2D eigenvalue weighted by atomic mass is 35.5. The lowest BCUT2D eigenvalue weighted by Crippen LogP contribution is -2.33. The second-order valence-electron chi connectivity index (χ2n) is 11.4. The van der Waals surface area contributed by atoms with Crippen molar-refractivity contribution in [1.82, 2.24) is 0 Å². The number of nitrogens with zero attached hydrogens (tertiary/aromatic N) is 1. The Morgan fingerprint density at radius 2 is 1.63 bits per heavy atom. The molecule has 0 aliphatic carbocycles. The van der Waals surface area contributed by atoms with E-state index < -0.39 is 11.6 Å². The van der Waals surface area contributed by atoms with Gasteiger partial charge in [-0.25, -0.2) is 4.79 Å². The minimum Gasteiger partial charge on any atom is -0.456 e. The van der Waals surface area contributed by atoms with Gasteiger partial charge < -0.3 is 19.7 Å². The van der Waals surface area contributed by atoms with Gasteiger partial charge in [-0.15, -0.1) is 6.58 Å². The van der Waals surface area contributed by atoms with Gasteiger partial charge in [0.1, 0.15) is 11.5 Å². The smallest absolute Gasteiger partial charge is 0.340 e. The normalized spacial score (nSPS) is 16.1. The van der Waals surface area contributed by atoms with Crippen molar-refractivity contribution in [1.29, 1.82) is 0 Å². The Morgan fingerprint density at radius 3 is 2.37 bits per heavy atom. The van der Waals surface area contributed by atoms with Gasteiger partial charge >= 0.3 is 5.97 Å². The summed E-state index contributed by atoms with van der Waals surface area (Å²) in [6.07, 6.45) is 10.0. The molecule has 1 spiro atoms. The zero-order valence-corrected chi connectivity index (χ0v) is 26.2. The number of esters is 1. The number of hydrogen-bond acceptors (Lipinski definition) is 5. The van der Waals surface area contributed by atoms with E-state index in [2.05, 4.69) is 30.6 Å². The number of amides is 1. The first-order chi connectivity index (χ1) is 20.8. The number of unbranched alkanes of at least 4 members (excludes halogenated alkanes) is 6. The summed E-state index contributed by atoms with van der Waals surface area (Å²) in [5.41, 5.74) is 3.80. The van der Waals surface area contributed by atoms with E-state index in [-0.39, 0.29) is 5.91 Å².